The molecule has 0 unspecified atom stereocenters. The van der Waals surface area contributed by atoms with Crippen molar-refractivity contribution in [2.45, 2.75) is 38.2 Å². The highest BCUT2D eigenvalue weighted by molar-refractivity contribution is 8.00. The van der Waals surface area contributed by atoms with E-state index in [4.69, 9.17) is 4.74 Å². The first kappa shape index (κ1) is 14.8. The maximum Gasteiger partial charge on any atom is 0.316 e. The van der Waals surface area contributed by atoms with E-state index in [1.165, 1.54) is 11.8 Å². The second-order valence-corrected chi connectivity index (χ2v) is 5.83. The zero-order valence-electron chi connectivity index (χ0n) is 11.3. The monoisotopic (exact) mass is 268 g/mol. The molecule has 1 heterocycles. The summed E-state index contributed by atoms with van der Waals surface area (Å²) in [7, 11) is 0. The molecule has 0 aliphatic carbocycles. The molecule has 0 radical (unpaired) electrons. The molecule has 1 rings (SSSR count). The highest BCUT2D eigenvalue weighted by Gasteiger charge is 2.16. The Morgan fingerprint density at radius 2 is 2.22 bits per heavy atom. The number of nitrogens with zero attached hydrogens (tertiary/aromatic N) is 1. The Balaban J connectivity index is 2.48. The van der Waals surface area contributed by atoms with E-state index in [9.17, 15) is 4.79 Å². The molecule has 0 aromatic carbocycles. The van der Waals surface area contributed by atoms with Gasteiger partial charge in [-0.25, -0.2) is 4.98 Å². The zero-order valence-corrected chi connectivity index (χ0v) is 12.1. The lowest BCUT2D eigenvalue weighted by Gasteiger charge is -2.19. The lowest BCUT2D eigenvalue weighted by Crippen LogP contribution is -2.24. The van der Waals surface area contributed by atoms with Gasteiger partial charge in [0.2, 0.25) is 0 Å². The van der Waals surface area contributed by atoms with Gasteiger partial charge in [-0.3, -0.25) is 4.79 Å². The van der Waals surface area contributed by atoms with Crippen LogP contribution < -0.4 is 5.32 Å². The number of carbonyl (C=O) groups is 1. The van der Waals surface area contributed by atoms with Gasteiger partial charge in [-0.2, -0.15) is 0 Å². The number of aromatic nitrogens is 1. The maximum atomic E-state index is 11.6. The number of hydrogen-bond acceptors (Lipinski definition) is 5. The predicted molar refractivity (Wildman–Crippen MR) is 75.0 cm³/mol. The minimum absolute atomic E-state index is 0.200. The normalized spacial score (nSPS) is 11.1. The number of hydrogen-bond donors (Lipinski definition) is 1. The van der Waals surface area contributed by atoms with Gasteiger partial charge in [-0.15, -0.1) is 11.8 Å². The van der Waals surface area contributed by atoms with Gasteiger partial charge in [0.05, 0.1) is 5.75 Å². The molecule has 0 aliphatic heterocycles. The van der Waals surface area contributed by atoms with E-state index in [-0.39, 0.29) is 5.97 Å². The van der Waals surface area contributed by atoms with Crippen LogP contribution >= 0.6 is 11.8 Å². The van der Waals surface area contributed by atoms with Crippen LogP contribution in [-0.4, -0.2) is 28.9 Å². The number of ether oxygens (including phenoxy) is 1. The first-order valence-corrected chi connectivity index (χ1v) is 6.94. The molecule has 0 saturated heterocycles. The summed E-state index contributed by atoms with van der Waals surface area (Å²) >= 11 is 1.45. The van der Waals surface area contributed by atoms with Crippen LogP contribution in [0.5, 0.6) is 0 Å². The van der Waals surface area contributed by atoms with Crippen LogP contribution in [0, 0.1) is 0 Å². The maximum absolute atomic E-state index is 11.6. The minimum Gasteiger partial charge on any atom is -0.459 e. The van der Waals surface area contributed by atoms with Crippen LogP contribution in [0.15, 0.2) is 23.2 Å². The van der Waals surface area contributed by atoms with Gasteiger partial charge >= 0.3 is 5.97 Å². The Hall–Kier alpha value is -1.23. The Morgan fingerprint density at radius 3 is 2.83 bits per heavy atom. The number of anilines is 1. The van der Waals surface area contributed by atoms with E-state index >= 15 is 0 Å². The van der Waals surface area contributed by atoms with Crippen LogP contribution in [0.25, 0.3) is 0 Å². The quantitative estimate of drug-likeness (QED) is 0.657. The molecule has 5 heteroatoms. The molecule has 0 atom stereocenters. The van der Waals surface area contributed by atoms with E-state index in [1.54, 1.807) is 6.20 Å². The smallest absolute Gasteiger partial charge is 0.316 e. The summed E-state index contributed by atoms with van der Waals surface area (Å²) in [6.45, 7) is 8.44. The summed E-state index contributed by atoms with van der Waals surface area (Å²) in [5.41, 5.74) is -0.426. The van der Waals surface area contributed by atoms with Crippen molar-refractivity contribution >= 4 is 23.5 Å². The molecule has 0 aliphatic rings. The predicted octanol–water partition coefficient (Wildman–Crippen LogP) is 2.95. The molecule has 100 valence electrons. The average Bonchev–Trinajstić information content (AvgIpc) is 2.25. The Morgan fingerprint density at radius 1 is 1.50 bits per heavy atom. The fourth-order valence-electron chi connectivity index (χ4n) is 1.29. The molecule has 0 spiro atoms. The number of thioether (sulfide) groups is 1. The van der Waals surface area contributed by atoms with Crippen molar-refractivity contribution in [3.05, 3.63) is 18.3 Å². The lowest BCUT2D eigenvalue weighted by molar-refractivity contribution is -0.151. The van der Waals surface area contributed by atoms with Gasteiger partial charge in [-0.05, 0) is 39.8 Å². The van der Waals surface area contributed by atoms with Crippen LogP contribution in [0.2, 0.25) is 0 Å². The van der Waals surface area contributed by atoms with Gasteiger partial charge < -0.3 is 10.1 Å². The summed E-state index contributed by atoms with van der Waals surface area (Å²) < 4.78 is 5.25. The van der Waals surface area contributed by atoms with Crippen molar-refractivity contribution in [2.24, 2.45) is 0 Å². The molecular formula is C13H20N2O2S. The minimum atomic E-state index is -0.426. The van der Waals surface area contributed by atoms with Crippen LogP contribution in [0.4, 0.5) is 5.82 Å². The molecule has 0 amide bonds. The van der Waals surface area contributed by atoms with Crippen molar-refractivity contribution in [1.82, 2.24) is 4.98 Å². The zero-order chi connectivity index (χ0) is 13.6. The van der Waals surface area contributed by atoms with E-state index in [2.05, 4.69) is 10.3 Å². The topological polar surface area (TPSA) is 51.2 Å². The SMILES string of the molecule is CCNc1cc(SCC(=O)OC(C)(C)C)ccn1. The third kappa shape index (κ3) is 5.91. The van der Waals surface area contributed by atoms with E-state index in [0.29, 0.717) is 5.75 Å². The van der Waals surface area contributed by atoms with Crippen molar-refractivity contribution in [3.63, 3.8) is 0 Å². The summed E-state index contributed by atoms with van der Waals surface area (Å²) in [4.78, 5) is 16.7. The van der Waals surface area contributed by atoms with Crippen LogP contribution in [0.1, 0.15) is 27.7 Å². The van der Waals surface area contributed by atoms with Gasteiger partial charge in [0.25, 0.3) is 0 Å². The fraction of sp³-hybridized carbons (Fsp3) is 0.538. The molecule has 4 nitrogen and oxygen atoms in total. The summed E-state index contributed by atoms with van der Waals surface area (Å²) in [6, 6.07) is 3.81. The Labute approximate surface area is 113 Å². The number of rotatable bonds is 5. The third-order valence-electron chi connectivity index (χ3n) is 1.87. The van der Waals surface area contributed by atoms with Gasteiger partial charge in [0, 0.05) is 17.6 Å². The number of pyridine rings is 1. The first-order chi connectivity index (χ1) is 8.40. The molecule has 1 aromatic rings. The van der Waals surface area contributed by atoms with Gasteiger partial charge in [0.15, 0.2) is 0 Å². The van der Waals surface area contributed by atoms with Crippen molar-refractivity contribution in [2.75, 3.05) is 17.6 Å². The summed E-state index contributed by atoms with van der Waals surface area (Å²) in [5.74, 6) is 0.938. The number of nitrogens with one attached hydrogen (secondary N) is 1. The lowest BCUT2D eigenvalue weighted by atomic mass is 10.2. The second-order valence-electron chi connectivity index (χ2n) is 4.78. The highest BCUT2D eigenvalue weighted by atomic mass is 32.2. The molecule has 1 aromatic heterocycles. The average molecular weight is 268 g/mol. The Bertz CT molecular complexity index is 402. The van der Waals surface area contributed by atoms with Gasteiger partial charge in [-0.1, -0.05) is 0 Å². The second kappa shape index (κ2) is 6.64. The first-order valence-electron chi connectivity index (χ1n) is 5.95. The van der Waals surface area contributed by atoms with Crippen LogP contribution in [0.3, 0.4) is 0 Å². The third-order valence-corrected chi connectivity index (χ3v) is 2.83. The van der Waals surface area contributed by atoms with E-state index in [0.717, 1.165) is 17.3 Å². The Kier molecular flexibility index (Phi) is 5.47. The largest absolute Gasteiger partial charge is 0.459 e. The van der Waals surface area contributed by atoms with Crippen molar-refractivity contribution in [3.8, 4) is 0 Å². The molecule has 0 fully saturated rings. The molecular weight excluding hydrogens is 248 g/mol. The van der Waals surface area contributed by atoms with E-state index in [1.807, 2.05) is 39.8 Å². The van der Waals surface area contributed by atoms with Crippen LogP contribution in [-0.2, 0) is 9.53 Å². The van der Waals surface area contributed by atoms with Crippen molar-refractivity contribution in [1.29, 1.82) is 0 Å². The van der Waals surface area contributed by atoms with Gasteiger partial charge in [0.1, 0.15) is 11.4 Å². The molecule has 1 N–H and O–H groups in total. The summed E-state index contributed by atoms with van der Waals surface area (Å²) in [6.07, 6.45) is 1.73. The standard InChI is InChI=1S/C13H20N2O2S/c1-5-14-11-8-10(6-7-15-11)18-9-12(16)17-13(2,3)4/h6-8H,5,9H2,1-4H3,(H,14,15). The fourth-order valence-corrected chi connectivity index (χ4v) is 1.99. The van der Waals surface area contributed by atoms with E-state index < -0.39 is 5.60 Å². The molecule has 18 heavy (non-hydrogen) atoms. The number of carbonyl (C=O) groups excluding carboxylic acids is 1. The van der Waals surface area contributed by atoms with Crippen molar-refractivity contribution < 1.29 is 9.53 Å². The summed E-state index contributed by atoms with van der Waals surface area (Å²) in [5, 5.41) is 3.13. The molecule has 0 bridgehead atoms. The number of esters is 1. The highest BCUT2D eigenvalue weighted by Crippen LogP contribution is 2.21. The molecule has 0 saturated carbocycles.